The molecule has 0 aromatic heterocycles. The van der Waals surface area contributed by atoms with Gasteiger partial charge in [0.05, 0.1) is 16.5 Å². The molecule has 2 aliphatic carbocycles. The van der Waals surface area contributed by atoms with E-state index in [-0.39, 0.29) is 47.1 Å². The topological polar surface area (TPSA) is 265 Å². The van der Waals surface area contributed by atoms with Crippen molar-refractivity contribution in [1.29, 1.82) is 5.41 Å². The van der Waals surface area contributed by atoms with Crippen molar-refractivity contribution in [1.82, 2.24) is 0 Å². The molecule has 0 saturated carbocycles. The van der Waals surface area contributed by atoms with Gasteiger partial charge in [-0.2, -0.15) is 0 Å². The summed E-state index contributed by atoms with van der Waals surface area (Å²) >= 11 is 5.17. The van der Waals surface area contributed by atoms with E-state index in [2.05, 4.69) is 0 Å². The maximum Gasteiger partial charge on any atom is -1.00 e. The predicted molar refractivity (Wildman–Crippen MR) is 274 cm³/mol. The van der Waals surface area contributed by atoms with Crippen molar-refractivity contribution in [2.45, 2.75) is 12.5 Å². The molecule has 362 valence electrons. The van der Waals surface area contributed by atoms with Crippen molar-refractivity contribution < 1.29 is 65.7 Å². The Morgan fingerprint density at radius 2 is 1.36 bits per heavy atom. The molecule has 9 N–H and O–H groups in total. The molecule has 0 amide bonds. The minimum absolute atomic E-state index is 0. The van der Waals surface area contributed by atoms with Crippen molar-refractivity contribution in [3.05, 3.63) is 226 Å². The van der Waals surface area contributed by atoms with Gasteiger partial charge in [-0.15, -0.1) is 0 Å². The Hall–Kier alpha value is -8.50. The summed E-state index contributed by atoms with van der Waals surface area (Å²) in [6.07, 6.45) is 5.63. The Kier molecular flexibility index (Phi) is 16.3. The number of anilines is 1. The zero-order valence-electron chi connectivity index (χ0n) is 38.2. The number of benzene rings is 7. The van der Waals surface area contributed by atoms with E-state index in [0.29, 0.717) is 90.9 Å². The Balaban J connectivity index is 0.000000182. The molecule has 6 aromatic rings. The van der Waals surface area contributed by atoms with Crippen LogP contribution < -0.4 is 44.9 Å². The average Bonchev–Trinajstić information content (AvgIpc) is 3.37. The summed E-state index contributed by atoms with van der Waals surface area (Å²) in [6, 6.07) is 41.3. The largest absolute Gasteiger partial charge is 1.00 e. The first-order chi connectivity index (χ1) is 34.6. The third-order valence-electron chi connectivity index (χ3n) is 11.7. The van der Waals surface area contributed by atoms with E-state index in [1.54, 1.807) is 109 Å². The number of ketones is 1. The van der Waals surface area contributed by atoms with Gasteiger partial charge in [0.15, 0.2) is 5.78 Å². The van der Waals surface area contributed by atoms with E-state index in [4.69, 9.17) is 37.6 Å². The third kappa shape index (κ3) is 11.7. The molecule has 2 aliphatic heterocycles. The average molecular weight is 1010 g/mol. The number of nitrogens with one attached hydrogen (secondary N) is 1. The van der Waals surface area contributed by atoms with Crippen LogP contribution in [-0.2, 0) is 11.1 Å². The van der Waals surface area contributed by atoms with Gasteiger partial charge < -0.3 is 58.7 Å². The number of hydrogen-bond donors (Lipinski definition) is 7. The van der Waals surface area contributed by atoms with E-state index in [1.807, 2.05) is 36.4 Å². The molecule has 18 heteroatoms. The van der Waals surface area contributed by atoms with Gasteiger partial charge in [-0.05, 0) is 70.7 Å². The van der Waals surface area contributed by atoms with Crippen LogP contribution in [0.2, 0.25) is 0 Å². The first kappa shape index (κ1) is 52.3. The molecule has 1 atom stereocenters. The number of hydrogen-bond acceptors (Lipinski definition) is 12. The summed E-state index contributed by atoms with van der Waals surface area (Å²) in [5.74, 6) is -0.539. The van der Waals surface area contributed by atoms with Crippen LogP contribution in [0.5, 0.6) is 5.75 Å². The van der Waals surface area contributed by atoms with Crippen LogP contribution in [0.1, 0.15) is 58.1 Å². The summed E-state index contributed by atoms with van der Waals surface area (Å²) in [6.45, 7) is 0. The molecule has 4 aliphatic rings. The number of nitrogen functional groups attached to an aromatic ring is 1. The number of nitrogens with two attached hydrogens (primary N) is 2. The van der Waals surface area contributed by atoms with Crippen LogP contribution in [0.15, 0.2) is 186 Å². The Morgan fingerprint density at radius 1 is 0.726 bits per heavy atom. The Labute approximate surface area is 428 Å². The molecule has 10 rings (SSSR count). The Morgan fingerprint density at radius 3 is 2.00 bits per heavy atom. The molecule has 0 fully saturated rings. The number of carboxylic acids is 2. The smallest absolute Gasteiger partial charge is 1.00 e. The fraction of sp³-hybridized carbons (Fsp3) is 0.0364. The van der Waals surface area contributed by atoms with Gasteiger partial charge in [0, 0.05) is 69.1 Å². The first-order valence-corrected chi connectivity index (χ1v) is 22.4. The number of carboxylic acid groups (broad SMARTS) is 2. The molecule has 0 radical (unpaired) electrons. The minimum Gasteiger partial charge on any atom is -1.00 e. The summed E-state index contributed by atoms with van der Waals surface area (Å²) < 4.78 is 22.3. The number of ether oxygens (including phenoxy) is 1. The van der Waals surface area contributed by atoms with Crippen LogP contribution in [0.25, 0.3) is 39.0 Å². The third-order valence-corrected chi connectivity index (χ3v) is 11.9. The number of fused-ring (bicyclic) bond motifs is 4. The number of carbonyl (C=O) groups excluding carboxylic acids is 2. The Bertz CT molecular complexity index is 3590. The van der Waals surface area contributed by atoms with Crippen LogP contribution >= 0.6 is 11.6 Å². The molecule has 6 aromatic carbocycles. The van der Waals surface area contributed by atoms with Crippen LogP contribution in [0.4, 0.5) is 5.69 Å². The van der Waals surface area contributed by atoms with Gasteiger partial charge in [-0.3, -0.25) is 4.79 Å². The zero-order valence-corrected chi connectivity index (χ0v) is 39.7. The summed E-state index contributed by atoms with van der Waals surface area (Å²) in [5.41, 5.74) is 20.6. The normalized spacial score (nSPS) is 13.0. The number of Topliss-reactive ketones (excluding diaryl/α,β-unsaturated/α-hetero) is 1. The summed E-state index contributed by atoms with van der Waals surface area (Å²) in [7, 11) is -0.890. The SMILES string of the molecule is N=c1ccc2c(-c3ccccc3C(=O)O)c3ccc(CC(=O)c4ccc(B(O)O)cc4)cc3oc-2c1.Nc1ccc2c(c1)OC1=CC(N)C=CC1=C2c1ccccc1C(=O)O.O=Bc1ccc(C(=O)Cl)cc1.[Cl-]. The molecule has 14 nitrogen and oxygen atoms in total. The maximum atomic E-state index is 12.9. The second-order valence-corrected chi connectivity index (χ2v) is 16.8. The van der Waals surface area contributed by atoms with Crippen molar-refractivity contribution in [2.24, 2.45) is 5.73 Å². The summed E-state index contributed by atoms with van der Waals surface area (Å²) in [4.78, 5) is 47.1. The summed E-state index contributed by atoms with van der Waals surface area (Å²) in [5, 5.41) is 46.3. The van der Waals surface area contributed by atoms with Crippen LogP contribution in [-0.4, -0.2) is 63.5 Å². The molecular formula is C55H40B2Cl2N3O11-. The van der Waals surface area contributed by atoms with E-state index in [1.165, 1.54) is 24.3 Å². The van der Waals surface area contributed by atoms with E-state index < -0.39 is 24.3 Å². The van der Waals surface area contributed by atoms with Crippen molar-refractivity contribution in [3.8, 4) is 28.2 Å². The second kappa shape index (κ2) is 22.7. The standard InChI is InChI=1S/C28H20BNO6.C20H16N2O3.C7H4BClO2.ClH/c30-19-10-12-23-26(15-19)36-25-14-16(13-24(31)17-6-8-18(9-7-17)29(34)35)5-11-22(25)27(23)20-3-1-2-4-21(20)28(32)33;21-11-5-7-15-17(9-11)25-18-10-12(22)6-8-16(18)19(15)13-3-1-2-4-14(13)20(23)24;9-7(10)5-1-3-6(8-11)4-2-5;/h1-12,14-15,30,34-35H,13H2,(H,32,33);1-11H,21-22H2,(H,23,24);1-4H;1H/p-1. The first-order valence-electron chi connectivity index (χ1n) is 22.0. The van der Waals surface area contributed by atoms with Crippen LogP contribution in [0, 0.1) is 5.41 Å². The van der Waals surface area contributed by atoms with Gasteiger partial charge in [0.25, 0.3) is 0 Å². The van der Waals surface area contributed by atoms with Crippen molar-refractivity contribution in [2.75, 3.05) is 5.73 Å². The second-order valence-electron chi connectivity index (χ2n) is 16.4. The van der Waals surface area contributed by atoms with Gasteiger partial charge in [0.2, 0.25) is 0 Å². The van der Waals surface area contributed by atoms with Crippen LogP contribution in [0.3, 0.4) is 0 Å². The number of carbonyl (C=O) groups is 4. The van der Waals surface area contributed by atoms with E-state index in [9.17, 15) is 44.1 Å². The number of rotatable bonds is 10. The fourth-order valence-electron chi connectivity index (χ4n) is 8.22. The molecule has 0 spiro atoms. The molecule has 0 bridgehead atoms. The van der Waals surface area contributed by atoms with Gasteiger partial charge in [0.1, 0.15) is 22.9 Å². The number of halogens is 2. The maximum absolute atomic E-state index is 12.9. The van der Waals surface area contributed by atoms with Gasteiger partial charge >= 0.3 is 87.8 Å². The number of aromatic carboxylic acids is 2. The fourth-order valence-corrected chi connectivity index (χ4v) is 8.35. The molecular weight excluding hydrogens is 971 g/mol. The van der Waals surface area contributed by atoms with E-state index >= 15 is 0 Å². The van der Waals surface area contributed by atoms with Crippen molar-refractivity contribution >= 4 is 82.0 Å². The van der Waals surface area contributed by atoms with Crippen molar-refractivity contribution in [3.63, 3.8) is 0 Å². The van der Waals surface area contributed by atoms with Gasteiger partial charge in [-0.1, -0.05) is 84.9 Å². The van der Waals surface area contributed by atoms with E-state index in [0.717, 1.165) is 16.7 Å². The predicted octanol–water partition coefficient (Wildman–Crippen LogP) is 4.17. The monoisotopic (exact) mass is 1010 g/mol. The molecule has 1 unspecified atom stereocenters. The number of allylic oxidation sites excluding steroid dienone is 1. The quantitative estimate of drug-likeness (QED) is 0.0334. The zero-order chi connectivity index (χ0) is 51.2. The van der Waals surface area contributed by atoms with Gasteiger partial charge in [-0.25, -0.2) is 9.59 Å². The molecule has 73 heavy (non-hydrogen) atoms. The molecule has 0 saturated heterocycles. The minimum atomic E-state index is -1.60. The molecule has 2 heterocycles.